The van der Waals surface area contributed by atoms with E-state index in [1.807, 2.05) is 48.0 Å². The summed E-state index contributed by atoms with van der Waals surface area (Å²) in [6.07, 6.45) is 8.59. The van der Waals surface area contributed by atoms with Crippen molar-refractivity contribution in [3.8, 4) is 0 Å². The van der Waals surface area contributed by atoms with E-state index in [4.69, 9.17) is 0 Å². The fourth-order valence-corrected chi connectivity index (χ4v) is 3.34. The van der Waals surface area contributed by atoms with Gasteiger partial charge in [0.25, 0.3) is 5.56 Å². The zero-order valence-electron chi connectivity index (χ0n) is 16.2. The molecule has 148 valence electrons. The van der Waals surface area contributed by atoms with Crippen molar-refractivity contribution in [2.24, 2.45) is 0 Å². The Hall–Kier alpha value is -3.55. The smallest absolute Gasteiger partial charge is 0.261 e. The maximum atomic E-state index is 12.5. The lowest BCUT2D eigenvalue weighted by atomic mass is 10.1. The number of carbonyl (C=O) groups excluding carboxylic acids is 1. The quantitative estimate of drug-likeness (QED) is 0.523. The second-order valence-electron chi connectivity index (χ2n) is 6.88. The van der Waals surface area contributed by atoms with Gasteiger partial charge in [0.2, 0.25) is 11.7 Å². The van der Waals surface area contributed by atoms with E-state index >= 15 is 0 Å². The highest BCUT2D eigenvalue weighted by Crippen LogP contribution is 2.16. The predicted molar refractivity (Wildman–Crippen MR) is 109 cm³/mol. The van der Waals surface area contributed by atoms with Gasteiger partial charge in [-0.1, -0.05) is 19.1 Å². The van der Waals surface area contributed by atoms with Crippen molar-refractivity contribution in [2.75, 3.05) is 0 Å². The molecule has 1 N–H and O–H groups in total. The number of hydrogen-bond donors (Lipinski definition) is 1. The average Bonchev–Trinajstić information content (AvgIpc) is 3.18. The van der Waals surface area contributed by atoms with Gasteiger partial charge in [0, 0.05) is 31.6 Å². The molecule has 1 atom stereocenters. The molecule has 3 aromatic heterocycles. The molecule has 0 saturated carbocycles. The van der Waals surface area contributed by atoms with Gasteiger partial charge in [0.1, 0.15) is 0 Å². The molecule has 3 heterocycles. The van der Waals surface area contributed by atoms with E-state index < -0.39 is 0 Å². The first-order valence-corrected chi connectivity index (χ1v) is 9.69. The first-order valence-electron chi connectivity index (χ1n) is 9.69. The largest absolute Gasteiger partial charge is 0.348 e. The van der Waals surface area contributed by atoms with Crippen molar-refractivity contribution >= 4 is 22.6 Å². The Labute approximate surface area is 167 Å². The van der Waals surface area contributed by atoms with Crippen molar-refractivity contribution in [3.63, 3.8) is 0 Å². The summed E-state index contributed by atoms with van der Waals surface area (Å²) >= 11 is 0. The normalized spacial score (nSPS) is 12.3. The number of imidazole rings is 1. The second kappa shape index (κ2) is 8.22. The van der Waals surface area contributed by atoms with E-state index in [1.165, 1.54) is 0 Å². The molecule has 0 radical (unpaired) electrons. The number of hydrogen-bond acceptors (Lipinski definition) is 5. The van der Waals surface area contributed by atoms with Crippen molar-refractivity contribution in [1.29, 1.82) is 0 Å². The molecule has 4 rings (SSSR count). The number of nitrogens with one attached hydrogen (secondary N) is 1. The molecular formula is C21H22N6O2. The maximum absolute atomic E-state index is 12.5. The van der Waals surface area contributed by atoms with Crippen LogP contribution in [0.1, 0.15) is 37.9 Å². The molecule has 0 unspecified atom stereocenters. The van der Waals surface area contributed by atoms with Crippen molar-refractivity contribution in [1.82, 2.24) is 29.2 Å². The molecule has 0 bridgehead atoms. The molecule has 29 heavy (non-hydrogen) atoms. The molecule has 0 aliphatic heterocycles. The third-order valence-electron chi connectivity index (χ3n) is 4.89. The Morgan fingerprint density at radius 1 is 1.21 bits per heavy atom. The maximum Gasteiger partial charge on any atom is 0.261 e. The number of para-hydroxylation sites is 1. The van der Waals surface area contributed by atoms with Crippen LogP contribution in [-0.2, 0) is 11.3 Å². The summed E-state index contributed by atoms with van der Waals surface area (Å²) < 4.78 is 3.39. The highest BCUT2D eigenvalue weighted by atomic mass is 16.1. The predicted octanol–water partition coefficient (Wildman–Crippen LogP) is 2.49. The van der Waals surface area contributed by atoms with Gasteiger partial charge in [-0.25, -0.2) is 15.0 Å². The fourth-order valence-electron chi connectivity index (χ4n) is 3.34. The lowest BCUT2D eigenvalue weighted by Gasteiger charge is -2.14. The fraction of sp³-hybridized carbons (Fsp3) is 0.286. The lowest BCUT2D eigenvalue weighted by molar-refractivity contribution is -0.122. The van der Waals surface area contributed by atoms with Gasteiger partial charge in [0.05, 0.1) is 29.0 Å². The second-order valence-corrected chi connectivity index (χ2v) is 6.88. The molecule has 8 nitrogen and oxygen atoms in total. The van der Waals surface area contributed by atoms with Crippen molar-refractivity contribution in [2.45, 2.75) is 38.8 Å². The Morgan fingerprint density at radius 2 is 2.07 bits per heavy atom. The topological polar surface area (TPSA) is 94.2 Å². The molecule has 8 heteroatoms. The Morgan fingerprint density at radius 3 is 2.90 bits per heavy atom. The van der Waals surface area contributed by atoms with Crippen LogP contribution in [0.4, 0.5) is 0 Å². The third-order valence-corrected chi connectivity index (χ3v) is 4.89. The Balaban J connectivity index is 1.37. The van der Waals surface area contributed by atoms with Crippen LogP contribution in [0, 0.1) is 0 Å². The van der Waals surface area contributed by atoms with E-state index in [0.29, 0.717) is 36.1 Å². The molecule has 0 fully saturated rings. The van der Waals surface area contributed by atoms with Crippen molar-refractivity contribution in [3.05, 3.63) is 71.3 Å². The standard InChI is InChI=1S/C21H22N6O2/c1-2-16(18-13-26-12-6-10-22-21(26)25-18)24-19(28)9-5-11-27-14-23-17-8-4-3-7-15(17)20(27)29/h3-4,6-8,10,12-14,16H,2,5,9,11H2,1H3,(H,24,28)/t16-/m1/s1. The van der Waals surface area contributed by atoms with Crippen LogP contribution in [0.2, 0.25) is 0 Å². The van der Waals surface area contributed by atoms with Crippen LogP contribution in [-0.4, -0.2) is 29.8 Å². The average molecular weight is 390 g/mol. The van der Waals surface area contributed by atoms with Crippen LogP contribution in [0.25, 0.3) is 16.7 Å². The van der Waals surface area contributed by atoms with Crippen LogP contribution in [0.5, 0.6) is 0 Å². The number of rotatable bonds is 7. The van der Waals surface area contributed by atoms with E-state index in [2.05, 4.69) is 20.3 Å². The van der Waals surface area contributed by atoms with Crippen LogP contribution < -0.4 is 10.9 Å². The zero-order valence-corrected chi connectivity index (χ0v) is 16.2. The van der Waals surface area contributed by atoms with Crippen molar-refractivity contribution < 1.29 is 4.79 Å². The zero-order chi connectivity index (χ0) is 20.2. The summed E-state index contributed by atoms with van der Waals surface area (Å²) in [5.74, 6) is 0.544. The molecule has 0 aliphatic carbocycles. The van der Waals surface area contributed by atoms with Gasteiger partial charge in [-0.05, 0) is 31.0 Å². The van der Waals surface area contributed by atoms with Crippen LogP contribution >= 0.6 is 0 Å². The first-order chi connectivity index (χ1) is 14.2. The van der Waals surface area contributed by atoms with Crippen LogP contribution in [0.15, 0.2) is 60.0 Å². The number of fused-ring (bicyclic) bond motifs is 2. The van der Waals surface area contributed by atoms with Gasteiger partial charge >= 0.3 is 0 Å². The summed E-state index contributed by atoms with van der Waals surface area (Å²) in [5.41, 5.74) is 1.38. The van der Waals surface area contributed by atoms with E-state index in [0.717, 1.165) is 12.1 Å². The van der Waals surface area contributed by atoms with Gasteiger partial charge in [0.15, 0.2) is 0 Å². The summed E-state index contributed by atoms with van der Waals surface area (Å²) in [7, 11) is 0. The third kappa shape index (κ3) is 4.01. The summed E-state index contributed by atoms with van der Waals surface area (Å²) in [6.45, 7) is 2.45. The molecule has 0 saturated heterocycles. The molecule has 0 spiro atoms. The molecular weight excluding hydrogens is 368 g/mol. The summed E-state index contributed by atoms with van der Waals surface area (Å²) in [5, 5.41) is 3.62. The number of aryl methyl sites for hydroxylation is 1. The SMILES string of the molecule is CC[C@@H](NC(=O)CCCn1cnc2ccccc2c1=O)c1cn2cccnc2n1. The highest BCUT2D eigenvalue weighted by Gasteiger charge is 2.16. The van der Waals surface area contributed by atoms with Gasteiger partial charge in [-0.2, -0.15) is 0 Å². The van der Waals surface area contributed by atoms with E-state index in [9.17, 15) is 9.59 Å². The lowest BCUT2D eigenvalue weighted by Crippen LogP contribution is -2.29. The number of aromatic nitrogens is 5. The van der Waals surface area contributed by atoms with E-state index in [1.54, 1.807) is 23.2 Å². The number of nitrogens with zero attached hydrogens (tertiary/aromatic N) is 5. The molecule has 0 aliphatic rings. The first kappa shape index (κ1) is 18.8. The number of amides is 1. The van der Waals surface area contributed by atoms with Gasteiger partial charge in [-0.3, -0.25) is 18.6 Å². The number of benzene rings is 1. The summed E-state index contributed by atoms with van der Waals surface area (Å²) in [6, 6.07) is 8.92. The highest BCUT2D eigenvalue weighted by molar-refractivity contribution is 5.77. The minimum absolute atomic E-state index is 0.0661. The van der Waals surface area contributed by atoms with Crippen LogP contribution in [0.3, 0.4) is 0 Å². The molecule has 1 aromatic carbocycles. The number of carbonyl (C=O) groups is 1. The minimum Gasteiger partial charge on any atom is -0.348 e. The monoisotopic (exact) mass is 390 g/mol. The van der Waals surface area contributed by atoms with Gasteiger partial charge < -0.3 is 5.32 Å². The molecule has 4 aromatic rings. The minimum atomic E-state index is -0.172. The Kier molecular flexibility index (Phi) is 5.33. The Bertz CT molecular complexity index is 1180. The summed E-state index contributed by atoms with van der Waals surface area (Å²) in [4.78, 5) is 37.9. The molecule has 1 amide bonds. The van der Waals surface area contributed by atoms with E-state index in [-0.39, 0.29) is 17.5 Å². The van der Waals surface area contributed by atoms with Gasteiger partial charge in [-0.15, -0.1) is 0 Å².